The fourth-order valence-electron chi connectivity index (χ4n) is 5.49. The van der Waals surface area contributed by atoms with E-state index < -0.39 is 5.97 Å². The van der Waals surface area contributed by atoms with Gasteiger partial charge < -0.3 is 19.9 Å². The highest BCUT2D eigenvalue weighted by molar-refractivity contribution is 5.92. The lowest BCUT2D eigenvalue weighted by atomic mass is 9.81. The Hall–Kier alpha value is -3.90. The molecular weight excluding hydrogens is 469 g/mol. The summed E-state index contributed by atoms with van der Waals surface area (Å²) in [6.45, 7) is 4.62. The molecule has 6 heteroatoms. The van der Waals surface area contributed by atoms with Crippen molar-refractivity contribution < 1.29 is 23.8 Å². The summed E-state index contributed by atoms with van der Waals surface area (Å²) in [6, 6.07) is 22.2. The van der Waals surface area contributed by atoms with Gasteiger partial charge in [-0.2, -0.15) is 0 Å². The van der Waals surface area contributed by atoms with Gasteiger partial charge in [-0.1, -0.05) is 54.6 Å². The third kappa shape index (κ3) is 4.65. The summed E-state index contributed by atoms with van der Waals surface area (Å²) in [5, 5.41) is 14.8. The first-order chi connectivity index (χ1) is 17.9. The third-order valence-electron chi connectivity index (χ3n) is 7.31. The number of fused-ring (bicyclic) bond motifs is 2. The molecule has 1 aliphatic heterocycles. The molecule has 5 nitrogen and oxygen atoms in total. The Balaban J connectivity index is 1.45. The van der Waals surface area contributed by atoms with E-state index in [9.17, 15) is 14.3 Å². The number of hydrogen-bond acceptors (Lipinski definition) is 4. The molecule has 37 heavy (non-hydrogen) atoms. The summed E-state index contributed by atoms with van der Waals surface area (Å²) in [7, 11) is 1.52. The molecule has 0 spiro atoms. The van der Waals surface area contributed by atoms with E-state index in [1.807, 2.05) is 61.5 Å². The molecule has 4 aromatic rings. The van der Waals surface area contributed by atoms with Crippen molar-refractivity contribution in [2.75, 3.05) is 13.7 Å². The van der Waals surface area contributed by atoms with Crippen LogP contribution < -0.4 is 14.8 Å². The Morgan fingerprint density at radius 3 is 2.57 bits per heavy atom. The van der Waals surface area contributed by atoms with Crippen LogP contribution in [-0.2, 0) is 0 Å². The molecule has 0 aromatic heterocycles. The first-order valence-corrected chi connectivity index (χ1v) is 12.5. The number of methoxy groups -OCH3 is 1. The Kier molecular flexibility index (Phi) is 6.85. The molecule has 3 atom stereocenters. The Morgan fingerprint density at radius 2 is 1.81 bits per heavy atom. The molecule has 0 radical (unpaired) electrons. The van der Waals surface area contributed by atoms with E-state index in [1.165, 1.54) is 13.2 Å². The normalized spacial score (nSPS) is 17.6. The molecular formula is C31H30FNO4. The predicted octanol–water partition coefficient (Wildman–Crippen LogP) is 6.63. The number of hydrogen-bond donors (Lipinski definition) is 2. The highest BCUT2D eigenvalue weighted by Crippen LogP contribution is 2.45. The summed E-state index contributed by atoms with van der Waals surface area (Å²) in [5.41, 5.74) is 4.04. The van der Waals surface area contributed by atoms with Crippen LogP contribution in [0.3, 0.4) is 0 Å². The average Bonchev–Trinajstić information content (AvgIpc) is 2.91. The van der Waals surface area contributed by atoms with Crippen LogP contribution in [0.25, 0.3) is 10.8 Å². The SMILES string of the molecule is COc1c(C(=O)O)ccc(C)c1[C@@H]1C[C@H](CN[C@H](C)c2ccc(F)c3ccccc23)Oc2ccccc21. The lowest BCUT2D eigenvalue weighted by molar-refractivity contribution is 0.0693. The minimum atomic E-state index is -1.02. The molecule has 1 aliphatic rings. The highest BCUT2D eigenvalue weighted by atomic mass is 19.1. The number of aryl methyl sites for hydroxylation is 1. The molecule has 1 heterocycles. The first-order valence-electron chi connectivity index (χ1n) is 12.5. The van der Waals surface area contributed by atoms with Crippen LogP contribution in [0.5, 0.6) is 11.5 Å². The number of aromatic carboxylic acids is 1. The van der Waals surface area contributed by atoms with E-state index in [2.05, 4.69) is 12.2 Å². The zero-order chi connectivity index (χ0) is 26.1. The molecule has 190 valence electrons. The quantitative estimate of drug-likeness (QED) is 0.299. The van der Waals surface area contributed by atoms with Crippen LogP contribution in [0.1, 0.15) is 57.9 Å². The number of carboxylic acids is 1. The zero-order valence-electron chi connectivity index (χ0n) is 21.1. The number of carboxylic acid groups (broad SMARTS) is 1. The maximum absolute atomic E-state index is 14.3. The molecule has 0 saturated carbocycles. The summed E-state index contributed by atoms with van der Waals surface area (Å²) in [4.78, 5) is 11.9. The fourth-order valence-corrected chi connectivity index (χ4v) is 5.49. The summed E-state index contributed by atoms with van der Waals surface area (Å²) < 4.78 is 26.4. The van der Waals surface area contributed by atoms with Crippen LogP contribution in [0, 0.1) is 12.7 Å². The van der Waals surface area contributed by atoms with E-state index in [-0.39, 0.29) is 29.4 Å². The Labute approximate surface area is 215 Å². The second-order valence-electron chi connectivity index (χ2n) is 9.56. The van der Waals surface area contributed by atoms with Crippen molar-refractivity contribution in [2.24, 2.45) is 0 Å². The van der Waals surface area contributed by atoms with Crippen molar-refractivity contribution in [3.8, 4) is 11.5 Å². The molecule has 0 aliphatic carbocycles. The monoisotopic (exact) mass is 499 g/mol. The van der Waals surface area contributed by atoms with Crippen molar-refractivity contribution in [2.45, 2.75) is 38.3 Å². The number of ether oxygens (including phenoxy) is 2. The van der Waals surface area contributed by atoms with Crippen LogP contribution in [0.4, 0.5) is 4.39 Å². The van der Waals surface area contributed by atoms with E-state index in [0.29, 0.717) is 24.1 Å². The minimum absolute atomic E-state index is 0.0312. The van der Waals surface area contributed by atoms with Gasteiger partial charge in [0.25, 0.3) is 0 Å². The van der Waals surface area contributed by atoms with Crippen molar-refractivity contribution in [1.29, 1.82) is 0 Å². The summed E-state index contributed by atoms with van der Waals surface area (Å²) in [6.07, 6.45) is 0.493. The van der Waals surface area contributed by atoms with Gasteiger partial charge in [0.1, 0.15) is 29.0 Å². The first kappa shape index (κ1) is 24.8. The van der Waals surface area contributed by atoms with Crippen molar-refractivity contribution in [3.63, 3.8) is 0 Å². The molecule has 2 N–H and O–H groups in total. The van der Waals surface area contributed by atoms with Gasteiger partial charge in [0, 0.05) is 35.0 Å². The zero-order valence-corrected chi connectivity index (χ0v) is 21.1. The molecule has 0 saturated heterocycles. The molecule has 0 unspecified atom stereocenters. The Bertz CT molecular complexity index is 1470. The van der Waals surface area contributed by atoms with Crippen LogP contribution >= 0.6 is 0 Å². The standard InChI is InChI=1S/C31H30FNO4/c1-18-12-13-25(31(34)35)30(36-3)29(18)26-16-20(37-28-11-7-6-10-24(26)28)17-33-19(2)21-14-15-27(32)23-9-5-4-8-22(21)23/h4-15,19-20,26,33H,16-17H2,1-3H3,(H,34,35)/t19-,20-,26-/m1/s1. The lowest BCUT2D eigenvalue weighted by Gasteiger charge is -2.35. The topological polar surface area (TPSA) is 67.8 Å². The molecule has 4 aromatic carbocycles. The van der Waals surface area contributed by atoms with Gasteiger partial charge in [-0.25, -0.2) is 9.18 Å². The fraction of sp³-hybridized carbons (Fsp3) is 0.258. The maximum Gasteiger partial charge on any atom is 0.339 e. The Morgan fingerprint density at radius 1 is 1.08 bits per heavy atom. The van der Waals surface area contributed by atoms with Crippen LogP contribution in [0.15, 0.2) is 72.8 Å². The molecule has 0 amide bonds. The number of para-hydroxylation sites is 1. The van der Waals surface area contributed by atoms with Crippen LogP contribution in [-0.4, -0.2) is 30.8 Å². The van der Waals surface area contributed by atoms with Gasteiger partial charge in [0.05, 0.1) is 7.11 Å². The number of halogens is 1. The lowest BCUT2D eigenvalue weighted by Crippen LogP contribution is -2.37. The predicted molar refractivity (Wildman–Crippen MR) is 142 cm³/mol. The summed E-state index contributed by atoms with van der Waals surface area (Å²) >= 11 is 0. The number of carbonyl (C=O) groups is 1. The number of nitrogens with one attached hydrogen (secondary N) is 1. The minimum Gasteiger partial charge on any atom is -0.496 e. The van der Waals surface area contributed by atoms with Gasteiger partial charge in [0.15, 0.2) is 0 Å². The summed E-state index contributed by atoms with van der Waals surface area (Å²) in [5.74, 6) is -0.154. The largest absolute Gasteiger partial charge is 0.496 e. The van der Waals surface area contributed by atoms with Gasteiger partial charge in [0.2, 0.25) is 0 Å². The second-order valence-corrected chi connectivity index (χ2v) is 9.56. The van der Waals surface area contributed by atoms with Crippen LogP contribution in [0.2, 0.25) is 0 Å². The van der Waals surface area contributed by atoms with E-state index >= 15 is 0 Å². The molecule has 0 fully saturated rings. The van der Waals surface area contributed by atoms with Crippen molar-refractivity contribution in [3.05, 3.63) is 106 Å². The van der Waals surface area contributed by atoms with Gasteiger partial charge in [-0.15, -0.1) is 0 Å². The third-order valence-corrected chi connectivity index (χ3v) is 7.31. The smallest absolute Gasteiger partial charge is 0.339 e. The maximum atomic E-state index is 14.3. The van der Waals surface area contributed by atoms with Crippen molar-refractivity contribution >= 4 is 16.7 Å². The average molecular weight is 500 g/mol. The van der Waals surface area contributed by atoms with Crippen molar-refractivity contribution in [1.82, 2.24) is 5.32 Å². The number of benzene rings is 4. The second kappa shape index (κ2) is 10.2. The molecule has 0 bridgehead atoms. The van der Waals surface area contributed by atoms with Gasteiger partial charge >= 0.3 is 5.97 Å². The van der Waals surface area contributed by atoms with E-state index in [1.54, 1.807) is 12.1 Å². The molecule has 5 rings (SSSR count). The van der Waals surface area contributed by atoms with E-state index in [0.717, 1.165) is 33.4 Å². The van der Waals surface area contributed by atoms with E-state index in [4.69, 9.17) is 9.47 Å². The number of rotatable bonds is 7. The van der Waals surface area contributed by atoms with Gasteiger partial charge in [-0.05, 0) is 55.0 Å². The van der Waals surface area contributed by atoms with Gasteiger partial charge in [-0.3, -0.25) is 0 Å². The highest BCUT2D eigenvalue weighted by Gasteiger charge is 2.33.